The van der Waals surface area contributed by atoms with Gasteiger partial charge in [-0.2, -0.15) is 0 Å². The largest absolute Gasteiger partial charge is 0.494 e. The Kier molecular flexibility index (Phi) is 6.46. The van der Waals surface area contributed by atoms with E-state index in [0.29, 0.717) is 26.2 Å². The molecule has 0 spiro atoms. The van der Waals surface area contributed by atoms with E-state index in [9.17, 15) is 9.59 Å². The molecule has 0 aromatic heterocycles. The van der Waals surface area contributed by atoms with Crippen LogP contribution >= 0.6 is 0 Å². The van der Waals surface area contributed by atoms with Crippen LogP contribution in [0.2, 0.25) is 0 Å². The molecule has 2 aliphatic heterocycles. The van der Waals surface area contributed by atoms with Gasteiger partial charge in [0.25, 0.3) is 0 Å². The van der Waals surface area contributed by atoms with Crippen molar-refractivity contribution >= 4 is 17.5 Å². The monoisotopic (exact) mass is 360 g/mol. The van der Waals surface area contributed by atoms with Crippen molar-refractivity contribution < 1.29 is 14.3 Å². The van der Waals surface area contributed by atoms with Gasteiger partial charge in [0.2, 0.25) is 11.8 Å². The second kappa shape index (κ2) is 9.00. The number of carbonyl (C=O) groups is 2. The normalized spacial score (nSPS) is 20.8. The van der Waals surface area contributed by atoms with Crippen molar-refractivity contribution in [2.24, 2.45) is 0 Å². The van der Waals surface area contributed by atoms with Crippen LogP contribution in [0, 0.1) is 0 Å². The second-order valence-corrected chi connectivity index (χ2v) is 6.76. The molecular weight excluding hydrogens is 332 g/mol. The number of benzene rings is 1. The minimum absolute atomic E-state index is 0.00971. The first kappa shape index (κ1) is 18.7. The Morgan fingerprint density at radius 1 is 1.19 bits per heavy atom. The Bertz CT molecular complexity index is 606. The van der Waals surface area contributed by atoms with Gasteiger partial charge in [-0.25, -0.2) is 0 Å². The van der Waals surface area contributed by atoms with Gasteiger partial charge in [0.15, 0.2) is 0 Å². The molecule has 1 atom stereocenters. The number of nitrogens with zero attached hydrogens (tertiary/aromatic N) is 2. The van der Waals surface area contributed by atoms with Crippen molar-refractivity contribution in [2.75, 3.05) is 51.2 Å². The molecule has 0 bridgehead atoms. The van der Waals surface area contributed by atoms with Crippen molar-refractivity contribution in [3.05, 3.63) is 24.3 Å². The number of rotatable bonds is 6. The Balaban J connectivity index is 1.41. The molecule has 0 saturated carbocycles. The van der Waals surface area contributed by atoms with Crippen LogP contribution < -0.4 is 15.4 Å². The molecule has 2 heterocycles. The van der Waals surface area contributed by atoms with Gasteiger partial charge in [0.1, 0.15) is 5.75 Å². The fourth-order valence-electron chi connectivity index (χ4n) is 3.45. The first-order valence-electron chi connectivity index (χ1n) is 9.43. The third-order valence-corrected chi connectivity index (χ3v) is 4.86. The summed E-state index contributed by atoms with van der Waals surface area (Å²) in [6.07, 6.45) is 2.01. The molecule has 2 N–H and O–H groups in total. The van der Waals surface area contributed by atoms with Crippen molar-refractivity contribution in [1.82, 2.24) is 15.1 Å². The Labute approximate surface area is 154 Å². The van der Waals surface area contributed by atoms with Crippen LogP contribution in [0.5, 0.6) is 5.75 Å². The van der Waals surface area contributed by atoms with Crippen LogP contribution in [0.1, 0.15) is 19.8 Å². The van der Waals surface area contributed by atoms with Gasteiger partial charge >= 0.3 is 0 Å². The third-order valence-electron chi connectivity index (χ3n) is 4.86. The summed E-state index contributed by atoms with van der Waals surface area (Å²) in [7, 11) is 0. The van der Waals surface area contributed by atoms with E-state index in [1.165, 1.54) is 0 Å². The van der Waals surface area contributed by atoms with E-state index in [1.54, 1.807) is 0 Å². The van der Waals surface area contributed by atoms with Crippen molar-refractivity contribution in [3.8, 4) is 5.75 Å². The lowest BCUT2D eigenvalue weighted by Gasteiger charge is -2.35. The van der Waals surface area contributed by atoms with Crippen molar-refractivity contribution in [3.63, 3.8) is 0 Å². The average Bonchev–Trinajstić information content (AvgIpc) is 3.18. The molecule has 3 rings (SSSR count). The molecule has 1 unspecified atom stereocenters. The van der Waals surface area contributed by atoms with E-state index in [4.69, 9.17) is 4.74 Å². The molecule has 0 radical (unpaired) electrons. The number of piperazine rings is 1. The number of carbonyl (C=O) groups excluding carboxylic acids is 2. The molecule has 142 valence electrons. The minimum atomic E-state index is -0.0357. The summed E-state index contributed by atoms with van der Waals surface area (Å²) < 4.78 is 5.40. The van der Waals surface area contributed by atoms with E-state index in [-0.39, 0.29) is 17.9 Å². The van der Waals surface area contributed by atoms with Gasteiger partial charge in [0, 0.05) is 31.9 Å². The fourth-order valence-corrected chi connectivity index (χ4v) is 3.45. The zero-order chi connectivity index (χ0) is 18.4. The molecule has 2 fully saturated rings. The zero-order valence-corrected chi connectivity index (χ0v) is 15.4. The number of hydrogen-bond donors (Lipinski definition) is 2. The Hall–Kier alpha value is -2.12. The molecule has 2 amide bonds. The lowest BCUT2D eigenvalue weighted by Crippen LogP contribution is -2.54. The maximum absolute atomic E-state index is 12.4. The Morgan fingerprint density at radius 2 is 1.92 bits per heavy atom. The molecular formula is C19H28N4O3. The first-order chi connectivity index (χ1) is 12.7. The molecule has 1 aromatic rings. The SMILES string of the molecule is CCOc1ccc(NC(=O)CN2CCN(C(=O)C3CCCN3)CC2)cc1. The van der Waals surface area contributed by atoms with Gasteiger partial charge in [0.05, 0.1) is 19.2 Å². The highest BCUT2D eigenvalue weighted by Gasteiger charge is 2.29. The summed E-state index contributed by atoms with van der Waals surface area (Å²) in [6, 6.07) is 7.37. The smallest absolute Gasteiger partial charge is 0.239 e. The average molecular weight is 360 g/mol. The molecule has 0 aliphatic carbocycles. The highest BCUT2D eigenvalue weighted by molar-refractivity contribution is 5.92. The highest BCUT2D eigenvalue weighted by atomic mass is 16.5. The van der Waals surface area contributed by atoms with Gasteiger partial charge in [-0.05, 0) is 50.6 Å². The van der Waals surface area contributed by atoms with Crippen LogP contribution in [0.4, 0.5) is 5.69 Å². The van der Waals surface area contributed by atoms with Crippen LogP contribution in [0.3, 0.4) is 0 Å². The topological polar surface area (TPSA) is 73.9 Å². The summed E-state index contributed by atoms with van der Waals surface area (Å²) in [5.41, 5.74) is 0.763. The summed E-state index contributed by atoms with van der Waals surface area (Å²) in [4.78, 5) is 28.7. The second-order valence-electron chi connectivity index (χ2n) is 6.76. The molecule has 7 heteroatoms. The maximum Gasteiger partial charge on any atom is 0.239 e. The molecule has 26 heavy (non-hydrogen) atoms. The van der Waals surface area contributed by atoms with Crippen molar-refractivity contribution in [1.29, 1.82) is 0 Å². The van der Waals surface area contributed by atoms with Crippen LogP contribution in [-0.4, -0.2) is 73.5 Å². The van der Waals surface area contributed by atoms with Crippen molar-refractivity contribution in [2.45, 2.75) is 25.8 Å². The third kappa shape index (κ3) is 4.95. The predicted octanol–water partition coefficient (Wildman–Crippen LogP) is 0.920. The predicted molar refractivity (Wildman–Crippen MR) is 100 cm³/mol. The number of nitrogens with one attached hydrogen (secondary N) is 2. The summed E-state index contributed by atoms with van der Waals surface area (Å²) >= 11 is 0. The summed E-state index contributed by atoms with van der Waals surface area (Å²) in [5.74, 6) is 0.968. The van der Waals surface area contributed by atoms with E-state index in [2.05, 4.69) is 15.5 Å². The van der Waals surface area contributed by atoms with Gasteiger partial charge in [-0.1, -0.05) is 0 Å². The number of hydrogen-bond acceptors (Lipinski definition) is 5. The fraction of sp³-hybridized carbons (Fsp3) is 0.579. The van der Waals surface area contributed by atoms with E-state index >= 15 is 0 Å². The maximum atomic E-state index is 12.4. The quantitative estimate of drug-likeness (QED) is 0.789. The number of anilines is 1. The zero-order valence-electron chi connectivity index (χ0n) is 15.4. The molecule has 2 saturated heterocycles. The van der Waals surface area contributed by atoms with Crippen LogP contribution in [-0.2, 0) is 9.59 Å². The van der Waals surface area contributed by atoms with Gasteiger partial charge < -0.3 is 20.3 Å². The lowest BCUT2D eigenvalue weighted by atomic mass is 10.2. The minimum Gasteiger partial charge on any atom is -0.494 e. The molecule has 1 aromatic carbocycles. The highest BCUT2D eigenvalue weighted by Crippen LogP contribution is 2.16. The standard InChI is InChI=1S/C19H28N4O3/c1-2-26-16-7-5-15(6-8-16)21-18(24)14-22-10-12-23(13-11-22)19(25)17-4-3-9-20-17/h5-8,17,20H,2-4,9-14H2,1H3,(H,21,24). The van der Waals surface area contributed by atoms with E-state index in [1.807, 2.05) is 36.1 Å². The Morgan fingerprint density at radius 3 is 2.54 bits per heavy atom. The van der Waals surface area contributed by atoms with Crippen LogP contribution in [0.15, 0.2) is 24.3 Å². The number of amides is 2. The molecule has 2 aliphatic rings. The lowest BCUT2D eigenvalue weighted by molar-refractivity contribution is -0.135. The first-order valence-corrected chi connectivity index (χ1v) is 9.43. The number of ether oxygens (including phenoxy) is 1. The van der Waals surface area contributed by atoms with Crippen LogP contribution in [0.25, 0.3) is 0 Å². The van der Waals surface area contributed by atoms with E-state index < -0.39 is 0 Å². The summed E-state index contributed by atoms with van der Waals surface area (Å²) in [5, 5.41) is 6.17. The van der Waals surface area contributed by atoms with Gasteiger partial charge in [-0.3, -0.25) is 14.5 Å². The molecule has 7 nitrogen and oxygen atoms in total. The summed E-state index contributed by atoms with van der Waals surface area (Å²) in [6.45, 7) is 6.67. The van der Waals surface area contributed by atoms with Gasteiger partial charge in [-0.15, -0.1) is 0 Å². The van der Waals surface area contributed by atoms with E-state index in [0.717, 1.165) is 43.9 Å².